The highest BCUT2D eigenvalue weighted by atomic mass is 16.6. The SMILES string of the molecule is CCC(CCO)CNc1ccc([N+](=O)[O-])c(N)c1. The summed E-state index contributed by atoms with van der Waals surface area (Å²) < 4.78 is 0. The number of nitrogens with one attached hydrogen (secondary N) is 1. The van der Waals surface area contributed by atoms with Gasteiger partial charge < -0.3 is 16.2 Å². The van der Waals surface area contributed by atoms with E-state index in [9.17, 15) is 10.1 Å². The number of nitrogens with two attached hydrogens (primary N) is 1. The van der Waals surface area contributed by atoms with E-state index in [1.807, 2.05) is 0 Å². The highest BCUT2D eigenvalue weighted by Crippen LogP contribution is 2.24. The summed E-state index contributed by atoms with van der Waals surface area (Å²) in [5.74, 6) is 0.381. The summed E-state index contributed by atoms with van der Waals surface area (Å²) in [4.78, 5) is 10.1. The molecule has 6 nitrogen and oxygen atoms in total. The minimum atomic E-state index is -0.500. The summed E-state index contributed by atoms with van der Waals surface area (Å²) in [6.07, 6.45) is 1.71. The van der Waals surface area contributed by atoms with Crippen molar-refractivity contribution >= 4 is 17.1 Å². The number of hydrogen-bond donors (Lipinski definition) is 3. The van der Waals surface area contributed by atoms with Gasteiger partial charge in [-0.1, -0.05) is 13.3 Å². The summed E-state index contributed by atoms with van der Waals surface area (Å²) in [6.45, 7) is 2.95. The Morgan fingerprint density at radius 1 is 1.56 bits per heavy atom. The molecule has 0 fully saturated rings. The summed E-state index contributed by atoms with van der Waals surface area (Å²) in [6, 6.07) is 4.59. The van der Waals surface area contributed by atoms with Gasteiger partial charge >= 0.3 is 0 Å². The van der Waals surface area contributed by atoms with Gasteiger partial charge in [0.2, 0.25) is 0 Å². The molecule has 0 amide bonds. The third kappa shape index (κ3) is 3.89. The molecular formula is C12H19N3O3. The molecule has 0 aliphatic rings. The van der Waals surface area contributed by atoms with E-state index in [0.717, 1.165) is 18.5 Å². The standard InChI is InChI=1S/C12H19N3O3/c1-2-9(5-6-16)8-14-10-3-4-12(15(17)18)11(13)7-10/h3-4,7,9,14,16H,2,5-6,8,13H2,1H3. The Kier molecular flexibility index (Phi) is 5.38. The number of nitrogen functional groups attached to an aromatic ring is 1. The molecule has 0 saturated heterocycles. The number of nitro benzene ring substituents is 1. The van der Waals surface area contributed by atoms with Crippen molar-refractivity contribution in [1.29, 1.82) is 0 Å². The van der Waals surface area contributed by atoms with Crippen LogP contribution in [0.15, 0.2) is 18.2 Å². The third-order valence-electron chi connectivity index (χ3n) is 2.93. The molecule has 0 spiro atoms. The molecule has 0 bridgehead atoms. The molecule has 100 valence electrons. The van der Waals surface area contributed by atoms with Gasteiger partial charge in [-0.15, -0.1) is 0 Å². The van der Waals surface area contributed by atoms with Crippen molar-refractivity contribution in [2.45, 2.75) is 19.8 Å². The lowest BCUT2D eigenvalue weighted by Crippen LogP contribution is -2.15. The topological polar surface area (TPSA) is 101 Å². The van der Waals surface area contributed by atoms with Gasteiger partial charge in [0.15, 0.2) is 0 Å². The van der Waals surface area contributed by atoms with Gasteiger partial charge in [0.1, 0.15) is 5.69 Å². The first-order chi connectivity index (χ1) is 8.58. The monoisotopic (exact) mass is 253 g/mol. The molecule has 18 heavy (non-hydrogen) atoms. The summed E-state index contributed by atoms with van der Waals surface area (Å²) in [7, 11) is 0. The Labute approximate surface area is 106 Å². The van der Waals surface area contributed by atoms with Crippen LogP contribution in [-0.4, -0.2) is 23.2 Å². The van der Waals surface area contributed by atoms with Crippen molar-refractivity contribution in [3.8, 4) is 0 Å². The number of aliphatic hydroxyl groups is 1. The molecule has 6 heteroatoms. The second-order valence-electron chi connectivity index (χ2n) is 4.20. The summed E-state index contributed by atoms with van der Waals surface area (Å²) in [5, 5.41) is 22.7. The van der Waals surface area contributed by atoms with E-state index in [1.165, 1.54) is 6.07 Å². The van der Waals surface area contributed by atoms with E-state index in [-0.39, 0.29) is 18.0 Å². The lowest BCUT2D eigenvalue weighted by atomic mass is 10.0. The van der Waals surface area contributed by atoms with Gasteiger partial charge in [-0.25, -0.2) is 0 Å². The molecule has 1 aromatic carbocycles. The van der Waals surface area contributed by atoms with Crippen LogP contribution in [0.2, 0.25) is 0 Å². The fourth-order valence-electron chi connectivity index (χ4n) is 1.73. The molecule has 1 atom stereocenters. The lowest BCUT2D eigenvalue weighted by molar-refractivity contribution is -0.383. The number of benzene rings is 1. The number of hydrogen-bond acceptors (Lipinski definition) is 5. The van der Waals surface area contributed by atoms with Gasteiger partial charge in [-0.05, 0) is 24.5 Å². The normalized spacial score (nSPS) is 12.1. The van der Waals surface area contributed by atoms with Crippen LogP contribution in [0.1, 0.15) is 19.8 Å². The van der Waals surface area contributed by atoms with Crippen LogP contribution < -0.4 is 11.1 Å². The molecule has 0 radical (unpaired) electrons. The number of aliphatic hydroxyl groups excluding tert-OH is 1. The third-order valence-corrected chi connectivity index (χ3v) is 2.93. The minimum Gasteiger partial charge on any atom is -0.396 e. The van der Waals surface area contributed by atoms with E-state index < -0.39 is 4.92 Å². The van der Waals surface area contributed by atoms with Crippen LogP contribution in [0.4, 0.5) is 17.1 Å². The first-order valence-corrected chi connectivity index (χ1v) is 5.97. The highest BCUT2D eigenvalue weighted by molar-refractivity contribution is 5.65. The fraction of sp³-hybridized carbons (Fsp3) is 0.500. The molecule has 4 N–H and O–H groups in total. The molecule has 0 aromatic heterocycles. The van der Waals surface area contributed by atoms with Crippen molar-refractivity contribution in [2.24, 2.45) is 5.92 Å². The molecule has 1 unspecified atom stereocenters. The predicted octanol–water partition coefficient (Wildman–Crippen LogP) is 2.00. The van der Waals surface area contributed by atoms with E-state index >= 15 is 0 Å². The van der Waals surface area contributed by atoms with Crippen molar-refractivity contribution in [2.75, 3.05) is 24.2 Å². The Hall–Kier alpha value is -1.82. The Morgan fingerprint density at radius 2 is 2.28 bits per heavy atom. The Balaban J connectivity index is 2.63. The van der Waals surface area contributed by atoms with Crippen LogP contribution in [0.25, 0.3) is 0 Å². The quantitative estimate of drug-likeness (QED) is 0.392. The van der Waals surface area contributed by atoms with Gasteiger partial charge in [0, 0.05) is 24.9 Å². The van der Waals surface area contributed by atoms with Crippen LogP contribution in [-0.2, 0) is 0 Å². The summed E-state index contributed by atoms with van der Waals surface area (Å²) >= 11 is 0. The molecule has 1 aromatic rings. The maximum absolute atomic E-state index is 10.6. The van der Waals surface area contributed by atoms with Gasteiger partial charge in [-0.3, -0.25) is 10.1 Å². The molecule has 0 heterocycles. The molecule has 1 rings (SSSR count). The first-order valence-electron chi connectivity index (χ1n) is 5.97. The Morgan fingerprint density at radius 3 is 2.78 bits per heavy atom. The molecular weight excluding hydrogens is 234 g/mol. The van der Waals surface area contributed by atoms with Crippen LogP contribution in [0.5, 0.6) is 0 Å². The van der Waals surface area contributed by atoms with Gasteiger partial charge in [0.05, 0.1) is 4.92 Å². The smallest absolute Gasteiger partial charge is 0.292 e. The van der Waals surface area contributed by atoms with Crippen LogP contribution in [0.3, 0.4) is 0 Å². The van der Waals surface area contributed by atoms with Crippen molar-refractivity contribution < 1.29 is 10.0 Å². The maximum Gasteiger partial charge on any atom is 0.292 e. The molecule has 0 aliphatic heterocycles. The predicted molar refractivity (Wildman–Crippen MR) is 71.5 cm³/mol. The molecule has 0 aliphatic carbocycles. The van der Waals surface area contributed by atoms with Crippen LogP contribution >= 0.6 is 0 Å². The van der Waals surface area contributed by atoms with Crippen molar-refractivity contribution in [1.82, 2.24) is 0 Å². The molecule has 0 saturated carbocycles. The Bertz CT molecular complexity index is 410. The van der Waals surface area contributed by atoms with Crippen molar-refractivity contribution in [3.05, 3.63) is 28.3 Å². The van der Waals surface area contributed by atoms with E-state index in [2.05, 4.69) is 12.2 Å². The second kappa shape index (κ2) is 6.80. The fourth-order valence-corrected chi connectivity index (χ4v) is 1.73. The second-order valence-corrected chi connectivity index (χ2v) is 4.20. The zero-order valence-corrected chi connectivity index (χ0v) is 10.4. The number of anilines is 2. The van der Waals surface area contributed by atoms with E-state index in [1.54, 1.807) is 12.1 Å². The lowest BCUT2D eigenvalue weighted by Gasteiger charge is -2.15. The largest absolute Gasteiger partial charge is 0.396 e. The summed E-state index contributed by atoms with van der Waals surface area (Å²) in [5.41, 5.74) is 6.43. The maximum atomic E-state index is 10.6. The van der Waals surface area contributed by atoms with Crippen LogP contribution in [0, 0.1) is 16.0 Å². The zero-order valence-electron chi connectivity index (χ0n) is 10.4. The minimum absolute atomic E-state index is 0.0806. The number of nitro groups is 1. The van der Waals surface area contributed by atoms with Gasteiger partial charge in [0.25, 0.3) is 5.69 Å². The zero-order chi connectivity index (χ0) is 13.5. The van der Waals surface area contributed by atoms with E-state index in [0.29, 0.717) is 12.5 Å². The highest BCUT2D eigenvalue weighted by Gasteiger charge is 2.11. The first kappa shape index (κ1) is 14.2. The van der Waals surface area contributed by atoms with E-state index in [4.69, 9.17) is 10.8 Å². The number of rotatable bonds is 7. The van der Waals surface area contributed by atoms with Gasteiger partial charge in [-0.2, -0.15) is 0 Å². The average molecular weight is 253 g/mol. The average Bonchev–Trinajstić information content (AvgIpc) is 2.34. The van der Waals surface area contributed by atoms with Crippen molar-refractivity contribution in [3.63, 3.8) is 0 Å². The number of nitrogens with zero attached hydrogens (tertiary/aromatic N) is 1.